The molecule has 2 aromatic heterocycles. The summed E-state index contributed by atoms with van der Waals surface area (Å²) < 4.78 is 0. The highest BCUT2D eigenvalue weighted by Crippen LogP contribution is 2.32. The number of likely N-dealkylation sites (tertiary alicyclic amines) is 1. The summed E-state index contributed by atoms with van der Waals surface area (Å²) in [6, 6.07) is 14.3. The molecule has 3 heterocycles. The lowest BCUT2D eigenvalue weighted by Gasteiger charge is -2.24. The second-order valence-electron chi connectivity index (χ2n) is 6.37. The zero-order valence-electron chi connectivity index (χ0n) is 14.3. The first-order valence-corrected chi connectivity index (χ1v) is 9.62. The van der Waals surface area contributed by atoms with Crippen molar-refractivity contribution in [1.29, 1.82) is 0 Å². The van der Waals surface area contributed by atoms with Crippen LogP contribution in [0.1, 0.15) is 40.5 Å². The van der Waals surface area contributed by atoms with Gasteiger partial charge in [-0.05, 0) is 49.2 Å². The van der Waals surface area contributed by atoms with E-state index in [9.17, 15) is 4.79 Å². The number of hydrogen-bond donors (Lipinski definition) is 1. The van der Waals surface area contributed by atoms with E-state index in [1.165, 1.54) is 17.8 Å². The van der Waals surface area contributed by atoms with Gasteiger partial charge in [-0.1, -0.05) is 18.2 Å². The Morgan fingerprint density at radius 3 is 2.96 bits per heavy atom. The van der Waals surface area contributed by atoms with Crippen LogP contribution < -0.4 is 5.32 Å². The van der Waals surface area contributed by atoms with Crippen molar-refractivity contribution in [2.75, 3.05) is 11.9 Å². The Labute approximate surface area is 156 Å². The Balaban J connectivity index is 1.47. The molecule has 1 fully saturated rings. The molecule has 1 aromatic carbocycles. The number of anilines is 1. The highest BCUT2D eigenvalue weighted by atomic mass is 32.1. The number of aromatic nitrogens is 2. The average Bonchev–Trinajstić information content (AvgIpc) is 3.35. The molecule has 1 amide bonds. The lowest BCUT2D eigenvalue weighted by atomic mass is 10.1. The fourth-order valence-corrected chi connectivity index (χ4v) is 3.95. The van der Waals surface area contributed by atoms with Crippen LogP contribution in [0, 0.1) is 0 Å². The summed E-state index contributed by atoms with van der Waals surface area (Å²) >= 11 is 1.42. The molecule has 0 radical (unpaired) electrons. The van der Waals surface area contributed by atoms with Crippen molar-refractivity contribution >= 4 is 22.4 Å². The average molecular weight is 364 g/mol. The number of nitrogens with one attached hydrogen (secondary N) is 1. The minimum atomic E-state index is -0.121. The molecule has 4 rings (SSSR count). The summed E-state index contributed by atoms with van der Waals surface area (Å²) in [5.74, 6) is -0.121. The zero-order chi connectivity index (χ0) is 17.8. The molecule has 1 N–H and O–H groups in total. The molecular formula is C20H20N4OS. The van der Waals surface area contributed by atoms with Crippen LogP contribution in [0.25, 0.3) is 0 Å². The number of thiazole rings is 1. The van der Waals surface area contributed by atoms with E-state index < -0.39 is 0 Å². The maximum absolute atomic E-state index is 12.4. The summed E-state index contributed by atoms with van der Waals surface area (Å²) in [5, 5.41) is 5.30. The molecule has 6 heteroatoms. The molecule has 0 saturated carbocycles. The van der Waals surface area contributed by atoms with E-state index in [0.29, 0.717) is 16.7 Å². The van der Waals surface area contributed by atoms with Gasteiger partial charge in [0.05, 0.1) is 11.7 Å². The number of benzene rings is 1. The van der Waals surface area contributed by atoms with Gasteiger partial charge >= 0.3 is 0 Å². The van der Waals surface area contributed by atoms with E-state index in [0.717, 1.165) is 30.8 Å². The Morgan fingerprint density at radius 1 is 1.19 bits per heavy atom. The molecule has 0 spiro atoms. The van der Waals surface area contributed by atoms with Crippen LogP contribution >= 0.6 is 11.3 Å². The van der Waals surface area contributed by atoms with Gasteiger partial charge in [0.2, 0.25) is 0 Å². The fraction of sp³-hybridized carbons (Fsp3) is 0.250. The van der Waals surface area contributed by atoms with Crippen molar-refractivity contribution in [3.8, 4) is 0 Å². The minimum absolute atomic E-state index is 0.121. The van der Waals surface area contributed by atoms with Gasteiger partial charge in [0, 0.05) is 29.9 Å². The highest BCUT2D eigenvalue weighted by Gasteiger charge is 2.26. The Morgan fingerprint density at radius 2 is 2.15 bits per heavy atom. The summed E-state index contributed by atoms with van der Waals surface area (Å²) in [7, 11) is 0. The van der Waals surface area contributed by atoms with Crippen LogP contribution in [0.2, 0.25) is 0 Å². The molecule has 26 heavy (non-hydrogen) atoms. The number of nitrogens with zero attached hydrogens (tertiary/aromatic N) is 3. The molecule has 1 atom stereocenters. The van der Waals surface area contributed by atoms with E-state index in [1.54, 1.807) is 6.20 Å². The van der Waals surface area contributed by atoms with Gasteiger partial charge in [0.25, 0.3) is 5.91 Å². The van der Waals surface area contributed by atoms with Crippen molar-refractivity contribution in [3.63, 3.8) is 0 Å². The van der Waals surface area contributed by atoms with Crippen molar-refractivity contribution in [2.24, 2.45) is 0 Å². The monoisotopic (exact) mass is 364 g/mol. The predicted octanol–water partition coefficient (Wildman–Crippen LogP) is 4.13. The zero-order valence-corrected chi connectivity index (χ0v) is 15.2. The molecule has 1 aliphatic heterocycles. The van der Waals surface area contributed by atoms with E-state index >= 15 is 0 Å². The second-order valence-corrected chi connectivity index (χ2v) is 7.27. The van der Waals surface area contributed by atoms with Crippen LogP contribution in [0.3, 0.4) is 0 Å². The van der Waals surface area contributed by atoms with Crippen LogP contribution in [0.15, 0.2) is 60.2 Å². The number of amides is 1. The van der Waals surface area contributed by atoms with Crippen LogP contribution in [-0.4, -0.2) is 27.3 Å². The maximum Gasteiger partial charge on any atom is 0.257 e. The lowest BCUT2D eigenvalue weighted by molar-refractivity contribution is 0.102. The van der Waals surface area contributed by atoms with E-state index in [4.69, 9.17) is 0 Å². The molecule has 1 aliphatic rings. The number of pyridine rings is 1. The van der Waals surface area contributed by atoms with Gasteiger partial charge in [0.15, 0.2) is 5.13 Å². The van der Waals surface area contributed by atoms with Gasteiger partial charge in [-0.2, -0.15) is 0 Å². The van der Waals surface area contributed by atoms with E-state index in [1.807, 2.05) is 41.9 Å². The summed E-state index contributed by atoms with van der Waals surface area (Å²) in [6.45, 7) is 1.87. The molecule has 0 unspecified atom stereocenters. The van der Waals surface area contributed by atoms with Gasteiger partial charge < -0.3 is 0 Å². The normalized spacial score (nSPS) is 17.3. The van der Waals surface area contributed by atoms with Crippen molar-refractivity contribution < 1.29 is 4.79 Å². The Kier molecular flexibility index (Phi) is 5.04. The molecule has 3 aromatic rings. The fourth-order valence-electron chi connectivity index (χ4n) is 3.42. The quantitative estimate of drug-likeness (QED) is 0.740. The SMILES string of the molecule is O=C(Nc1nccs1)c1cccc(CN2CCC[C@@H]2c2ccccn2)c1. The summed E-state index contributed by atoms with van der Waals surface area (Å²) in [6.07, 6.45) is 5.84. The summed E-state index contributed by atoms with van der Waals surface area (Å²) in [4.78, 5) is 23.5. The van der Waals surface area contributed by atoms with Gasteiger partial charge in [-0.3, -0.25) is 20.0 Å². The number of carbonyl (C=O) groups excluding carboxylic acids is 1. The van der Waals surface area contributed by atoms with Gasteiger partial charge in [0.1, 0.15) is 0 Å². The number of hydrogen-bond acceptors (Lipinski definition) is 5. The molecule has 0 bridgehead atoms. The van der Waals surface area contributed by atoms with Crippen molar-refractivity contribution in [2.45, 2.75) is 25.4 Å². The third-order valence-corrected chi connectivity index (χ3v) is 5.31. The smallest absolute Gasteiger partial charge is 0.257 e. The first-order chi connectivity index (χ1) is 12.8. The molecule has 5 nitrogen and oxygen atoms in total. The van der Waals surface area contributed by atoms with E-state index in [-0.39, 0.29) is 5.91 Å². The maximum atomic E-state index is 12.4. The lowest BCUT2D eigenvalue weighted by Crippen LogP contribution is -2.23. The van der Waals surface area contributed by atoms with Gasteiger partial charge in [-0.25, -0.2) is 4.98 Å². The van der Waals surface area contributed by atoms with Crippen molar-refractivity contribution in [1.82, 2.24) is 14.9 Å². The summed E-state index contributed by atoms with van der Waals surface area (Å²) in [5.41, 5.74) is 2.92. The molecule has 1 saturated heterocycles. The third-order valence-electron chi connectivity index (χ3n) is 4.62. The standard InChI is InChI=1S/C20H20N4OS/c25-19(23-20-22-10-12-26-20)16-6-3-5-15(13-16)14-24-11-4-8-18(24)17-7-1-2-9-21-17/h1-3,5-7,9-10,12-13,18H,4,8,11,14H2,(H,22,23,25)/t18-/m1/s1. The molecule has 0 aliphatic carbocycles. The third kappa shape index (κ3) is 3.81. The van der Waals surface area contributed by atoms with Gasteiger partial charge in [-0.15, -0.1) is 11.3 Å². The van der Waals surface area contributed by atoms with Crippen LogP contribution in [0.5, 0.6) is 0 Å². The minimum Gasteiger partial charge on any atom is -0.298 e. The van der Waals surface area contributed by atoms with Crippen LogP contribution in [-0.2, 0) is 6.54 Å². The topological polar surface area (TPSA) is 58.1 Å². The Bertz CT molecular complexity index is 867. The van der Waals surface area contributed by atoms with Crippen molar-refractivity contribution in [3.05, 3.63) is 77.1 Å². The molecule has 132 valence electrons. The highest BCUT2D eigenvalue weighted by molar-refractivity contribution is 7.13. The van der Waals surface area contributed by atoms with E-state index in [2.05, 4.69) is 32.3 Å². The van der Waals surface area contributed by atoms with Crippen LogP contribution in [0.4, 0.5) is 5.13 Å². The predicted molar refractivity (Wildman–Crippen MR) is 103 cm³/mol. The number of rotatable bonds is 5. The number of carbonyl (C=O) groups is 1. The first-order valence-electron chi connectivity index (χ1n) is 8.74. The first kappa shape index (κ1) is 16.9. The molecular weight excluding hydrogens is 344 g/mol. The Hall–Kier alpha value is -2.57. The second kappa shape index (κ2) is 7.76. The largest absolute Gasteiger partial charge is 0.298 e.